The molecule has 0 N–H and O–H groups in total. The molecule has 5 nitrogen and oxygen atoms in total. The van der Waals surface area contributed by atoms with Gasteiger partial charge in [0.2, 0.25) is 0 Å². The van der Waals surface area contributed by atoms with Crippen LogP contribution >= 0.6 is 0 Å². The van der Waals surface area contributed by atoms with Crippen molar-refractivity contribution in [2.24, 2.45) is 5.41 Å². The number of carbonyl (C=O) groups is 3. The van der Waals surface area contributed by atoms with Crippen LogP contribution in [0.5, 0.6) is 5.75 Å². The Kier molecular flexibility index (Phi) is 5.64. The Morgan fingerprint density at radius 1 is 1.05 bits per heavy atom. The summed E-state index contributed by atoms with van der Waals surface area (Å²) in [6.45, 7) is 6.50. The molecule has 0 atom stereocenters. The summed E-state index contributed by atoms with van der Waals surface area (Å²) in [5, 5.41) is 0. The van der Waals surface area contributed by atoms with E-state index >= 15 is 0 Å². The Balaban J connectivity index is 2.75. The molecule has 0 aliphatic heterocycles. The molecule has 0 radical (unpaired) electrons. The molecule has 0 aliphatic rings. The number of Topliss-reactive ketones (excluding diaryl/α,β-unsaturated/α-hetero) is 1. The number of rotatable bonds is 6. The molecule has 0 saturated carbocycles. The number of esters is 2. The fourth-order valence-electron chi connectivity index (χ4n) is 1.45. The standard InChI is InChI=1S/C16H20O5/c1-5-10-20-14(18)16(3,4)15(19)21-13-8-6-12(7-9-13)11(2)17/h6-9H,5,10H2,1-4H3. The van der Waals surface area contributed by atoms with Crippen LogP contribution in [0.4, 0.5) is 0 Å². The first kappa shape index (κ1) is 16.9. The highest BCUT2D eigenvalue weighted by atomic mass is 16.6. The molecule has 21 heavy (non-hydrogen) atoms. The summed E-state index contributed by atoms with van der Waals surface area (Å²) in [5.41, 5.74) is -0.856. The monoisotopic (exact) mass is 292 g/mol. The van der Waals surface area contributed by atoms with Crippen molar-refractivity contribution in [1.82, 2.24) is 0 Å². The number of hydrogen-bond acceptors (Lipinski definition) is 5. The van der Waals surface area contributed by atoms with Crippen molar-refractivity contribution in [3.8, 4) is 5.75 Å². The van der Waals surface area contributed by atoms with Gasteiger partial charge in [0.05, 0.1) is 6.61 Å². The molecular weight excluding hydrogens is 272 g/mol. The number of ether oxygens (including phenoxy) is 2. The second kappa shape index (κ2) is 7.02. The maximum absolute atomic E-state index is 12.1. The van der Waals surface area contributed by atoms with Crippen LogP contribution in [-0.4, -0.2) is 24.3 Å². The molecule has 1 aromatic carbocycles. The summed E-state index contributed by atoms with van der Waals surface area (Å²) in [6, 6.07) is 6.16. The minimum atomic E-state index is -1.38. The summed E-state index contributed by atoms with van der Waals surface area (Å²) < 4.78 is 10.1. The van der Waals surface area contributed by atoms with Crippen molar-refractivity contribution in [2.75, 3.05) is 6.61 Å². The van der Waals surface area contributed by atoms with Crippen molar-refractivity contribution in [3.05, 3.63) is 29.8 Å². The van der Waals surface area contributed by atoms with Gasteiger partial charge in [-0.3, -0.25) is 14.4 Å². The van der Waals surface area contributed by atoms with Gasteiger partial charge in [-0.1, -0.05) is 6.92 Å². The van der Waals surface area contributed by atoms with Crippen LogP contribution in [0.2, 0.25) is 0 Å². The van der Waals surface area contributed by atoms with Crippen molar-refractivity contribution in [3.63, 3.8) is 0 Å². The van der Waals surface area contributed by atoms with E-state index < -0.39 is 17.4 Å². The Bertz CT molecular complexity index is 528. The van der Waals surface area contributed by atoms with Crippen LogP contribution in [0.25, 0.3) is 0 Å². The van der Waals surface area contributed by atoms with E-state index in [0.29, 0.717) is 12.0 Å². The zero-order chi connectivity index (χ0) is 16.0. The molecule has 0 spiro atoms. The third-order valence-corrected chi connectivity index (χ3v) is 2.93. The molecule has 0 heterocycles. The van der Waals surface area contributed by atoms with E-state index in [2.05, 4.69) is 0 Å². The Hall–Kier alpha value is -2.17. The summed E-state index contributed by atoms with van der Waals surface area (Å²) >= 11 is 0. The molecule has 1 rings (SSSR count). The highest BCUT2D eigenvalue weighted by Gasteiger charge is 2.39. The molecule has 0 bridgehead atoms. The van der Waals surface area contributed by atoms with Gasteiger partial charge in [0.1, 0.15) is 5.75 Å². The van der Waals surface area contributed by atoms with Crippen LogP contribution in [-0.2, 0) is 14.3 Å². The van der Waals surface area contributed by atoms with Crippen molar-refractivity contribution in [1.29, 1.82) is 0 Å². The predicted molar refractivity (Wildman–Crippen MR) is 77.1 cm³/mol. The highest BCUT2D eigenvalue weighted by molar-refractivity contribution is 6.00. The van der Waals surface area contributed by atoms with E-state index in [-0.39, 0.29) is 18.1 Å². The zero-order valence-corrected chi connectivity index (χ0v) is 12.8. The smallest absolute Gasteiger partial charge is 0.328 e. The van der Waals surface area contributed by atoms with Crippen molar-refractivity contribution >= 4 is 17.7 Å². The Labute approximate surface area is 124 Å². The fraction of sp³-hybridized carbons (Fsp3) is 0.438. The van der Waals surface area contributed by atoms with E-state index in [9.17, 15) is 14.4 Å². The summed E-state index contributed by atoms with van der Waals surface area (Å²) in [7, 11) is 0. The largest absolute Gasteiger partial charge is 0.465 e. The lowest BCUT2D eigenvalue weighted by atomic mass is 9.94. The highest BCUT2D eigenvalue weighted by Crippen LogP contribution is 2.22. The molecular formula is C16H20O5. The van der Waals surface area contributed by atoms with E-state index in [1.807, 2.05) is 6.92 Å². The van der Waals surface area contributed by atoms with E-state index in [1.165, 1.54) is 32.9 Å². The molecule has 0 unspecified atom stereocenters. The lowest BCUT2D eigenvalue weighted by molar-refractivity contribution is -0.164. The average molecular weight is 292 g/mol. The third-order valence-electron chi connectivity index (χ3n) is 2.93. The van der Waals surface area contributed by atoms with Gasteiger partial charge in [-0.15, -0.1) is 0 Å². The molecule has 0 aliphatic carbocycles. The van der Waals surface area contributed by atoms with Gasteiger partial charge < -0.3 is 9.47 Å². The number of hydrogen-bond donors (Lipinski definition) is 0. The second-order valence-corrected chi connectivity index (χ2v) is 5.23. The first-order chi connectivity index (χ1) is 9.78. The maximum atomic E-state index is 12.1. The van der Waals surface area contributed by atoms with Gasteiger partial charge in [-0.2, -0.15) is 0 Å². The number of carbonyl (C=O) groups excluding carboxylic acids is 3. The Morgan fingerprint density at radius 3 is 2.10 bits per heavy atom. The minimum Gasteiger partial charge on any atom is -0.465 e. The first-order valence-electron chi connectivity index (χ1n) is 6.79. The molecule has 0 aromatic heterocycles. The summed E-state index contributed by atoms with van der Waals surface area (Å²) in [5.74, 6) is -1.10. The summed E-state index contributed by atoms with van der Waals surface area (Å²) in [4.78, 5) is 35.1. The van der Waals surface area contributed by atoms with Crippen LogP contribution in [0.1, 0.15) is 44.5 Å². The van der Waals surface area contributed by atoms with Gasteiger partial charge in [0.15, 0.2) is 11.2 Å². The van der Waals surface area contributed by atoms with E-state index in [4.69, 9.17) is 9.47 Å². The van der Waals surface area contributed by atoms with Gasteiger partial charge in [-0.05, 0) is 51.5 Å². The van der Waals surface area contributed by atoms with Crippen LogP contribution < -0.4 is 4.74 Å². The predicted octanol–water partition coefficient (Wildman–Crippen LogP) is 2.77. The number of ketones is 1. The quantitative estimate of drug-likeness (QED) is 0.349. The topological polar surface area (TPSA) is 69.7 Å². The van der Waals surface area contributed by atoms with Crippen molar-refractivity contribution in [2.45, 2.75) is 34.1 Å². The first-order valence-corrected chi connectivity index (χ1v) is 6.79. The molecule has 0 fully saturated rings. The van der Waals surface area contributed by atoms with Crippen LogP contribution in [0.15, 0.2) is 24.3 Å². The normalized spacial score (nSPS) is 10.9. The van der Waals surface area contributed by atoms with E-state index in [1.54, 1.807) is 12.1 Å². The Morgan fingerprint density at radius 2 is 1.62 bits per heavy atom. The molecule has 1 aromatic rings. The van der Waals surface area contributed by atoms with Gasteiger partial charge in [-0.25, -0.2) is 0 Å². The van der Waals surface area contributed by atoms with Gasteiger partial charge >= 0.3 is 11.9 Å². The van der Waals surface area contributed by atoms with Crippen molar-refractivity contribution < 1.29 is 23.9 Å². The number of benzene rings is 1. The lowest BCUT2D eigenvalue weighted by Gasteiger charge is -2.20. The molecule has 0 amide bonds. The van der Waals surface area contributed by atoms with Crippen LogP contribution in [0, 0.1) is 5.41 Å². The zero-order valence-electron chi connectivity index (χ0n) is 12.8. The van der Waals surface area contributed by atoms with E-state index in [0.717, 1.165) is 0 Å². The molecule has 0 saturated heterocycles. The second-order valence-electron chi connectivity index (χ2n) is 5.23. The lowest BCUT2D eigenvalue weighted by Crippen LogP contribution is -2.38. The van der Waals surface area contributed by atoms with Gasteiger partial charge in [0.25, 0.3) is 0 Å². The SMILES string of the molecule is CCCOC(=O)C(C)(C)C(=O)Oc1ccc(C(C)=O)cc1. The molecule has 114 valence electrons. The fourth-order valence-corrected chi connectivity index (χ4v) is 1.45. The minimum absolute atomic E-state index is 0.0728. The third kappa shape index (κ3) is 4.41. The maximum Gasteiger partial charge on any atom is 0.328 e. The molecule has 5 heteroatoms. The summed E-state index contributed by atoms with van der Waals surface area (Å²) in [6.07, 6.45) is 0.684. The van der Waals surface area contributed by atoms with Crippen LogP contribution in [0.3, 0.4) is 0 Å². The van der Waals surface area contributed by atoms with Gasteiger partial charge in [0, 0.05) is 5.56 Å². The average Bonchev–Trinajstić information content (AvgIpc) is 2.45.